The molecule has 0 aliphatic heterocycles. The third-order valence-corrected chi connectivity index (χ3v) is 1.81. The summed E-state index contributed by atoms with van der Waals surface area (Å²) >= 11 is 0. The monoisotopic (exact) mass is 284 g/mol. The summed E-state index contributed by atoms with van der Waals surface area (Å²) in [6.07, 6.45) is -6.29. The van der Waals surface area contributed by atoms with Gasteiger partial charge in [-0.2, -0.15) is 13.2 Å². The molecule has 0 saturated carbocycles. The van der Waals surface area contributed by atoms with Crippen LogP contribution in [-0.4, -0.2) is 6.98 Å². The van der Waals surface area contributed by atoms with E-state index in [1.54, 1.807) is 0 Å². The van der Waals surface area contributed by atoms with Crippen LogP contribution in [0.5, 0.6) is 0 Å². The summed E-state index contributed by atoms with van der Waals surface area (Å²) in [5.41, 5.74) is -2.08. The first-order chi connectivity index (χ1) is 7.09. The number of alkyl halides is 3. The molecule has 0 amide bonds. The van der Waals surface area contributed by atoms with Gasteiger partial charge in [-0.05, 0) is 12.1 Å². The van der Waals surface area contributed by atoms with Gasteiger partial charge in [0.05, 0.1) is 5.56 Å². The van der Waals surface area contributed by atoms with E-state index in [0.29, 0.717) is 12.1 Å². The molecule has 0 aliphatic rings. The molecule has 0 fully saturated rings. The van der Waals surface area contributed by atoms with E-state index in [-0.39, 0.29) is 57.5 Å². The van der Waals surface area contributed by atoms with Crippen molar-refractivity contribution >= 4 is 6.98 Å². The molecule has 1 rings (SSSR count). The Balaban J connectivity index is 0.00000256. The first kappa shape index (κ1) is 17.4. The molecule has 9 heteroatoms. The maximum absolute atomic E-state index is 12.8. The van der Waals surface area contributed by atoms with E-state index in [9.17, 15) is 30.5 Å². The van der Waals surface area contributed by atoms with E-state index < -0.39 is 36.4 Å². The normalized spacial score (nSPS) is 12.2. The standard InChI is InChI=1S/C8H5BF7.K/c10-7-3-5(4-9(14,15)16)1-2-6(7)8(11,12)13;/h1-3H,4H2;/q-1;+1. The van der Waals surface area contributed by atoms with Crippen LogP contribution in [0.25, 0.3) is 0 Å². The van der Waals surface area contributed by atoms with Gasteiger partial charge in [-0.3, -0.25) is 0 Å². The number of hydrogen-bond acceptors (Lipinski definition) is 0. The maximum Gasteiger partial charge on any atom is 1.00 e. The Morgan fingerprint density at radius 3 is 1.94 bits per heavy atom. The Morgan fingerprint density at radius 1 is 1.06 bits per heavy atom. The van der Waals surface area contributed by atoms with Crippen molar-refractivity contribution < 1.29 is 81.9 Å². The molecule has 0 unspecified atom stereocenters. The van der Waals surface area contributed by atoms with E-state index in [4.69, 9.17) is 0 Å². The second-order valence-corrected chi connectivity index (χ2v) is 3.23. The van der Waals surface area contributed by atoms with Crippen LogP contribution in [0.15, 0.2) is 18.2 Å². The summed E-state index contributed by atoms with van der Waals surface area (Å²) in [4.78, 5) is 0. The molecule has 0 saturated heterocycles. The summed E-state index contributed by atoms with van der Waals surface area (Å²) < 4.78 is 84.8. The number of rotatable bonds is 2. The minimum atomic E-state index is -5.19. The van der Waals surface area contributed by atoms with E-state index in [2.05, 4.69) is 0 Å². The van der Waals surface area contributed by atoms with Crippen molar-refractivity contribution in [3.8, 4) is 0 Å². The van der Waals surface area contributed by atoms with Gasteiger partial charge in [0.25, 0.3) is 0 Å². The third kappa shape index (κ3) is 5.73. The van der Waals surface area contributed by atoms with Crippen LogP contribution in [-0.2, 0) is 12.5 Å². The molecule has 0 nitrogen and oxygen atoms in total. The minimum absolute atomic E-state index is 0. The zero-order valence-corrected chi connectivity index (χ0v) is 11.8. The molecule has 0 aliphatic carbocycles. The van der Waals surface area contributed by atoms with Crippen LogP contribution in [0.3, 0.4) is 0 Å². The SMILES string of the molecule is Fc1cc(C[B-](F)(F)F)ccc1C(F)(F)F.[K+]. The van der Waals surface area contributed by atoms with Gasteiger partial charge in [0.15, 0.2) is 0 Å². The van der Waals surface area contributed by atoms with Crippen LogP contribution >= 0.6 is 0 Å². The Kier molecular flexibility index (Phi) is 6.20. The maximum atomic E-state index is 12.8. The second-order valence-electron chi connectivity index (χ2n) is 3.23. The summed E-state index contributed by atoms with van der Waals surface area (Å²) in [6, 6.07) is 1.20. The van der Waals surface area contributed by atoms with Crippen molar-refractivity contribution in [3.63, 3.8) is 0 Å². The minimum Gasteiger partial charge on any atom is -0.449 e. The second kappa shape index (κ2) is 6.05. The number of halogens is 7. The molecule has 0 heterocycles. The summed E-state index contributed by atoms with van der Waals surface area (Å²) in [6.45, 7) is -5.19. The zero-order valence-electron chi connectivity index (χ0n) is 8.66. The van der Waals surface area contributed by atoms with E-state index in [0.717, 1.165) is 0 Å². The molecule has 0 N–H and O–H groups in total. The third-order valence-electron chi connectivity index (χ3n) is 1.81. The summed E-state index contributed by atoms with van der Waals surface area (Å²) in [5.74, 6) is -1.69. The van der Waals surface area contributed by atoms with Gasteiger partial charge in [0, 0.05) is 0 Å². The van der Waals surface area contributed by atoms with Crippen molar-refractivity contribution in [2.45, 2.75) is 12.5 Å². The quantitative estimate of drug-likeness (QED) is 0.556. The van der Waals surface area contributed by atoms with Gasteiger partial charge in [-0.25, -0.2) is 4.39 Å². The first-order valence-electron chi connectivity index (χ1n) is 4.16. The van der Waals surface area contributed by atoms with Crippen LogP contribution in [0.4, 0.5) is 30.5 Å². The van der Waals surface area contributed by atoms with Crippen molar-refractivity contribution in [2.75, 3.05) is 0 Å². The molecule has 0 aromatic heterocycles. The molecule has 1 aromatic carbocycles. The predicted molar refractivity (Wildman–Crippen MR) is 44.2 cm³/mol. The van der Waals surface area contributed by atoms with Gasteiger partial charge >= 0.3 is 64.5 Å². The average molecular weight is 284 g/mol. The fourth-order valence-corrected chi connectivity index (χ4v) is 1.18. The fraction of sp³-hybridized carbons (Fsp3) is 0.250. The largest absolute Gasteiger partial charge is 1.00 e. The van der Waals surface area contributed by atoms with Crippen LogP contribution in [0.2, 0.25) is 0 Å². The van der Waals surface area contributed by atoms with Crippen molar-refractivity contribution in [3.05, 3.63) is 35.1 Å². The molecule has 0 radical (unpaired) electrons. The predicted octanol–water partition coefficient (Wildman–Crippen LogP) is 0.778. The molecule has 0 bridgehead atoms. The Morgan fingerprint density at radius 2 is 1.59 bits per heavy atom. The molecular weight excluding hydrogens is 279 g/mol. The van der Waals surface area contributed by atoms with E-state index in [1.165, 1.54) is 0 Å². The topological polar surface area (TPSA) is 0 Å². The van der Waals surface area contributed by atoms with Crippen LogP contribution in [0.1, 0.15) is 11.1 Å². The van der Waals surface area contributed by atoms with Crippen LogP contribution in [0, 0.1) is 5.82 Å². The Hall–Kier alpha value is 0.431. The number of benzene rings is 1. The molecule has 0 spiro atoms. The van der Waals surface area contributed by atoms with Gasteiger partial charge in [0.2, 0.25) is 0 Å². The van der Waals surface area contributed by atoms with E-state index >= 15 is 0 Å². The van der Waals surface area contributed by atoms with Crippen molar-refractivity contribution in [2.24, 2.45) is 0 Å². The molecule has 1 aromatic rings. The fourth-order valence-electron chi connectivity index (χ4n) is 1.18. The van der Waals surface area contributed by atoms with Gasteiger partial charge in [-0.15, -0.1) is 0 Å². The van der Waals surface area contributed by atoms with Crippen LogP contribution < -0.4 is 51.4 Å². The molecule has 90 valence electrons. The van der Waals surface area contributed by atoms with Crippen molar-refractivity contribution in [1.82, 2.24) is 0 Å². The van der Waals surface area contributed by atoms with Gasteiger partial charge in [0.1, 0.15) is 5.82 Å². The average Bonchev–Trinajstić information content (AvgIpc) is 1.97. The Bertz CT molecular complexity index is 384. The number of hydrogen-bond donors (Lipinski definition) is 0. The first-order valence-corrected chi connectivity index (χ1v) is 4.16. The zero-order chi connectivity index (χ0) is 12.6. The molecule has 17 heavy (non-hydrogen) atoms. The summed E-state index contributed by atoms with van der Waals surface area (Å²) in [7, 11) is 0. The smallest absolute Gasteiger partial charge is 0.449 e. The van der Waals surface area contributed by atoms with Crippen molar-refractivity contribution in [1.29, 1.82) is 0 Å². The molecular formula is C8H5BF7K. The van der Waals surface area contributed by atoms with E-state index in [1.807, 2.05) is 0 Å². The molecule has 0 atom stereocenters. The Labute approximate surface area is 135 Å². The summed E-state index contributed by atoms with van der Waals surface area (Å²) in [5, 5.41) is 0. The van der Waals surface area contributed by atoms with Gasteiger partial charge in [-0.1, -0.05) is 17.9 Å². The van der Waals surface area contributed by atoms with Gasteiger partial charge < -0.3 is 12.9 Å².